The summed E-state index contributed by atoms with van der Waals surface area (Å²) in [7, 11) is 0. The third-order valence-electron chi connectivity index (χ3n) is 3.86. The molecule has 0 radical (unpaired) electrons. The van der Waals surface area contributed by atoms with Gasteiger partial charge in [-0.1, -0.05) is 13.0 Å². The maximum absolute atomic E-state index is 12.2. The van der Waals surface area contributed by atoms with Crippen molar-refractivity contribution >= 4 is 11.9 Å². The van der Waals surface area contributed by atoms with Gasteiger partial charge in [-0.15, -0.1) is 0 Å². The number of hydrogen-bond acceptors (Lipinski definition) is 4. The monoisotopic (exact) mass is 317 g/mol. The van der Waals surface area contributed by atoms with Crippen LogP contribution in [0.3, 0.4) is 0 Å². The van der Waals surface area contributed by atoms with Crippen LogP contribution in [0.1, 0.15) is 39.2 Å². The Labute approximate surface area is 139 Å². The summed E-state index contributed by atoms with van der Waals surface area (Å²) in [6, 6.07) is 5.85. The lowest BCUT2D eigenvalue weighted by Crippen LogP contribution is -2.36. The molecule has 0 spiro atoms. The molecule has 1 aromatic rings. The number of ketones is 1. The van der Waals surface area contributed by atoms with E-state index in [0.29, 0.717) is 19.6 Å². The Morgan fingerprint density at radius 3 is 2.57 bits per heavy atom. The van der Waals surface area contributed by atoms with Crippen molar-refractivity contribution in [1.82, 2.24) is 4.90 Å². The smallest absolute Gasteiger partial charge is 0.161 e. The highest BCUT2D eigenvalue weighted by atomic mass is 16.5. The normalized spacial score (nSPS) is 17.5. The molecule has 1 fully saturated rings. The molecule has 1 aromatic carbocycles. The first kappa shape index (κ1) is 17.5. The van der Waals surface area contributed by atoms with Crippen molar-refractivity contribution in [2.75, 3.05) is 32.8 Å². The van der Waals surface area contributed by atoms with Crippen LogP contribution in [-0.2, 0) is 4.79 Å². The van der Waals surface area contributed by atoms with Gasteiger partial charge in [-0.05, 0) is 50.6 Å². The van der Waals surface area contributed by atoms with Gasteiger partial charge in [-0.3, -0.25) is 9.69 Å². The van der Waals surface area contributed by atoms with Crippen molar-refractivity contribution in [3.8, 4) is 11.5 Å². The third-order valence-corrected chi connectivity index (χ3v) is 3.86. The van der Waals surface area contributed by atoms with Crippen LogP contribution in [0.4, 0.5) is 0 Å². The third kappa shape index (κ3) is 4.83. The topological polar surface area (TPSA) is 38.8 Å². The first-order chi connectivity index (χ1) is 11.2. The van der Waals surface area contributed by atoms with E-state index in [9.17, 15) is 4.79 Å². The fraction of sp³-hybridized carbons (Fsp3) is 0.526. The maximum Gasteiger partial charge on any atom is 0.161 e. The Balaban J connectivity index is 2.22. The summed E-state index contributed by atoms with van der Waals surface area (Å²) in [5, 5.41) is 0. The molecule has 1 heterocycles. The quantitative estimate of drug-likeness (QED) is 0.721. The Morgan fingerprint density at radius 2 is 1.87 bits per heavy atom. The number of benzene rings is 1. The van der Waals surface area contributed by atoms with Gasteiger partial charge in [0, 0.05) is 25.1 Å². The summed E-state index contributed by atoms with van der Waals surface area (Å²) in [5.74, 6) is 1.74. The van der Waals surface area contributed by atoms with Crippen LogP contribution in [0, 0.1) is 0 Å². The molecule has 0 aromatic heterocycles. The molecule has 1 aliphatic heterocycles. The summed E-state index contributed by atoms with van der Waals surface area (Å²) in [6.07, 6.45) is 3.71. The van der Waals surface area contributed by atoms with Gasteiger partial charge in [-0.2, -0.15) is 0 Å². The molecule has 0 saturated carbocycles. The van der Waals surface area contributed by atoms with Gasteiger partial charge in [0.05, 0.1) is 13.2 Å². The maximum atomic E-state index is 12.2. The van der Waals surface area contributed by atoms with E-state index in [-0.39, 0.29) is 5.78 Å². The second kappa shape index (κ2) is 8.73. The van der Waals surface area contributed by atoms with Gasteiger partial charge in [-0.25, -0.2) is 0 Å². The molecular weight excluding hydrogens is 290 g/mol. The van der Waals surface area contributed by atoms with Crippen LogP contribution < -0.4 is 9.47 Å². The minimum Gasteiger partial charge on any atom is -0.490 e. The van der Waals surface area contributed by atoms with Crippen molar-refractivity contribution in [1.29, 1.82) is 0 Å². The molecule has 0 N–H and O–H groups in total. The van der Waals surface area contributed by atoms with Crippen LogP contribution in [-0.4, -0.2) is 43.5 Å². The average Bonchev–Trinajstić information content (AvgIpc) is 2.54. The van der Waals surface area contributed by atoms with Crippen LogP contribution in [0.25, 0.3) is 6.08 Å². The molecule has 0 amide bonds. The first-order valence-electron chi connectivity index (χ1n) is 8.53. The van der Waals surface area contributed by atoms with E-state index in [0.717, 1.165) is 48.7 Å². The highest BCUT2D eigenvalue weighted by Crippen LogP contribution is 2.29. The molecule has 126 valence electrons. The van der Waals surface area contributed by atoms with Crippen molar-refractivity contribution in [2.24, 2.45) is 0 Å². The van der Waals surface area contributed by atoms with Crippen molar-refractivity contribution in [3.63, 3.8) is 0 Å². The lowest BCUT2D eigenvalue weighted by Gasteiger charge is -2.27. The number of likely N-dealkylation sites (tertiary alicyclic amines) is 1. The van der Waals surface area contributed by atoms with Crippen molar-refractivity contribution in [3.05, 3.63) is 29.3 Å². The molecule has 0 bridgehead atoms. The molecule has 4 heteroatoms. The lowest BCUT2D eigenvalue weighted by molar-refractivity contribution is -0.117. The Morgan fingerprint density at radius 1 is 1.13 bits per heavy atom. The van der Waals surface area contributed by atoms with E-state index < -0.39 is 0 Å². The molecular formula is C19H27NO3. The van der Waals surface area contributed by atoms with Gasteiger partial charge in [0.2, 0.25) is 0 Å². The number of hydrogen-bond donors (Lipinski definition) is 0. The van der Waals surface area contributed by atoms with E-state index in [1.807, 2.05) is 38.1 Å². The summed E-state index contributed by atoms with van der Waals surface area (Å²) in [4.78, 5) is 14.5. The van der Waals surface area contributed by atoms with Crippen molar-refractivity contribution < 1.29 is 14.3 Å². The van der Waals surface area contributed by atoms with E-state index in [1.54, 1.807) is 0 Å². The zero-order valence-corrected chi connectivity index (χ0v) is 14.4. The van der Waals surface area contributed by atoms with Crippen molar-refractivity contribution in [2.45, 2.75) is 33.6 Å². The minimum atomic E-state index is 0.254. The predicted molar refractivity (Wildman–Crippen MR) is 93.1 cm³/mol. The van der Waals surface area contributed by atoms with Gasteiger partial charge in [0.25, 0.3) is 0 Å². The molecule has 1 saturated heterocycles. The Bertz CT molecular complexity index is 566. The minimum absolute atomic E-state index is 0.254. The summed E-state index contributed by atoms with van der Waals surface area (Å²) < 4.78 is 11.2. The largest absolute Gasteiger partial charge is 0.490 e. The average molecular weight is 317 g/mol. The zero-order valence-electron chi connectivity index (χ0n) is 14.4. The van der Waals surface area contributed by atoms with E-state index in [4.69, 9.17) is 9.47 Å². The van der Waals surface area contributed by atoms with Crippen LogP contribution >= 0.6 is 0 Å². The second-order valence-electron chi connectivity index (χ2n) is 5.69. The summed E-state index contributed by atoms with van der Waals surface area (Å²) in [5.41, 5.74) is 1.87. The first-order valence-corrected chi connectivity index (χ1v) is 8.53. The molecule has 2 rings (SSSR count). The number of piperidine rings is 1. The van der Waals surface area contributed by atoms with Gasteiger partial charge >= 0.3 is 0 Å². The van der Waals surface area contributed by atoms with E-state index in [1.165, 1.54) is 0 Å². The number of carbonyl (C=O) groups is 1. The fourth-order valence-corrected chi connectivity index (χ4v) is 2.82. The zero-order chi connectivity index (χ0) is 16.7. The van der Waals surface area contributed by atoms with E-state index in [2.05, 4.69) is 11.8 Å². The second-order valence-corrected chi connectivity index (χ2v) is 5.69. The van der Waals surface area contributed by atoms with Gasteiger partial charge < -0.3 is 9.47 Å². The van der Waals surface area contributed by atoms with Crippen LogP contribution in [0.15, 0.2) is 23.8 Å². The molecule has 1 aliphatic rings. The predicted octanol–water partition coefficient (Wildman–Crippen LogP) is 3.55. The molecule has 0 unspecified atom stereocenters. The van der Waals surface area contributed by atoms with E-state index >= 15 is 0 Å². The molecule has 0 aliphatic carbocycles. The number of ether oxygens (including phenoxy) is 2. The molecule has 4 nitrogen and oxygen atoms in total. The number of nitrogens with zero attached hydrogens (tertiary/aromatic N) is 1. The summed E-state index contributed by atoms with van der Waals surface area (Å²) in [6.45, 7) is 9.91. The Hall–Kier alpha value is -1.81. The standard InChI is InChI=1S/C19H27NO3/c1-4-10-20-11-9-17(21)16(14-20)12-15-7-8-18(22-5-2)19(13-15)23-6-3/h7-8,12-13H,4-6,9-11,14H2,1-3H3/b16-12+. The number of rotatable bonds is 7. The summed E-state index contributed by atoms with van der Waals surface area (Å²) >= 11 is 0. The SMILES string of the molecule is CCCN1CCC(=O)/C(=C/c2ccc(OCC)c(OCC)c2)C1. The number of carbonyl (C=O) groups excluding carboxylic acids is 1. The Kier molecular flexibility index (Phi) is 6.66. The van der Waals surface area contributed by atoms with Gasteiger partial charge in [0.15, 0.2) is 17.3 Å². The number of Topliss-reactive ketones (excluding diaryl/α,β-unsaturated/α-hetero) is 1. The lowest BCUT2D eigenvalue weighted by atomic mass is 10.00. The highest BCUT2D eigenvalue weighted by molar-refractivity contribution is 6.00. The van der Waals surface area contributed by atoms with Gasteiger partial charge in [0.1, 0.15) is 0 Å². The highest BCUT2D eigenvalue weighted by Gasteiger charge is 2.20. The van der Waals surface area contributed by atoms with Crippen LogP contribution in [0.2, 0.25) is 0 Å². The molecule has 23 heavy (non-hydrogen) atoms. The van der Waals surface area contributed by atoms with Crippen LogP contribution in [0.5, 0.6) is 11.5 Å². The molecule has 0 atom stereocenters. The fourth-order valence-electron chi connectivity index (χ4n) is 2.82.